The summed E-state index contributed by atoms with van der Waals surface area (Å²) in [6.45, 7) is 0.308. The van der Waals surface area contributed by atoms with Crippen molar-refractivity contribution < 1.29 is 23.4 Å². The lowest BCUT2D eigenvalue weighted by Crippen LogP contribution is -2.17. The van der Waals surface area contributed by atoms with Crippen molar-refractivity contribution in [3.63, 3.8) is 0 Å². The topological polar surface area (TPSA) is 58.6 Å². The van der Waals surface area contributed by atoms with E-state index in [1.54, 1.807) is 0 Å². The van der Waals surface area contributed by atoms with Crippen molar-refractivity contribution in [3.05, 3.63) is 29.3 Å². The van der Waals surface area contributed by atoms with Gasteiger partial charge in [0.05, 0.1) is 13.0 Å². The van der Waals surface area contributed by atoms with E-state index >= 15 is 0 Å². The summed E-state index contributed by atoms with van der Waals surface area (Å²) >= 11 is 0. The van der Waals surface area contributed by atoms with Crippen LogP contribution in [-0.4, -0.2) is 24.7 Å². The number of hydrogen-bond acceptors (Lipinski definition) is 3. The van der Waals surface area contributed by atoms with Crippen molar-refractivity contribution in [2.24, 2.45) is 5.92 Å². The van der Waals surface area contributed by atoms with Gasteiger partial charge in [-0.3, -0.25) is 4.79 Å². The van der Waals surface area contributed by atoms with Crippen LogP contribution in [0.1, 0.15) is 18.0 Å². The summed E-state index contributed by atoms with van der Waals surface area (Å²) < 4.78 is 31.5. The molecule has 0 bridgehead atoms. The minimum absolute atomic E-state index is 0.168. The molecule has 1 aliphatic rings. The summed E-state index contributed by atoms with van der Waals surface area (Å²) in [5, 5.41) is 11.9. The van der Waals surface area contributed by atoms with Gasteiger partial charge in [-0.25, -0.2) is 4.39 Å². The molecule has 0 saturated carbocycles. The Morgan fingerprint density at radius 3 is 2.78 bits per heavy atom. The largest absolute Gasteiger partial charge is 0.493 e. The number of hydrogen-bond donors (Lipinski definition) is 2. The van der Waals surface area contributed by atoms with Crippen LogP contribution in [0.3, 0.4) is 0 Å². The van der Waals surface area contributed by atoms with E-state index in [2.05, 4.69) is 5.32 Å². The van der Waals surface area contributed by atoms with Gasteiger partial charge >= 0.3 is 5.97 Å². The first-order valence-corrected chi connectivity index (χ1v) is 5.52. The second kappa shape index (κ2) is 4.89. The Morgan fingerprint density at radius 2 is 2.22 bits per heavy atom. The molecule has 0 aliphatic carbocycles. The number of halogens is 2. The van der Waals surface area contributed by atoms with E-state index in [0.717, 1.165) is 6.07 Å². The van der Waals surface area contributed by atoms with E-state index in [1.807, 2.05) is 0 Å². The van der Waals surface area contributed by atoms with Crippen LogP contribution in [0.15, 0.2) is 12.1 Å². The Kier molecular flexibility index (Phi) is 3.47. The zero-order chi connectivity index (χ0) is 13.3. The molecule has 0 amide bonds. The molecule has 2 rings (SSSR count). The lowest BCUT2D eigenvalue weighted by molar-refractivity contribution is -0.141. The molecule has 6 heteroatoms. The van der Waals surface area contributed by atoms with Crippen LogP contribution in [0.4, 0.5) is 8.78 Å². The zero-order valence-corrected chi connectivity index (χ0v) is 9.74. The van der Waals surface area contributed by atoms with Crippen LogP contribution in [-0.2, 0) is 4.79 Å². The summed E-state index contributed by atoms with van der Waals surface area (Å²) in [4.78, 5) is 10.8. The number of carboxylic acids is 1. The predicted molar refractivity (Wildman–Crippen MR) is 59.4 cm³/mol. The highest BCUT2D eigenvalue weighted by atomic mass is 19.2. The third-order valence-corrected chi connectivity index (χ3v) is 3.14. The van der Waals surface area contributed by atoms with Crippen LogP contribution in [0.25, 0.3) is 0 Å². The highest BCUT2D eigenvalue weighted by Crippen LogP contribution is 2.35. The number of nitrogens with one attached hydrogen (secondary N) is 1. The second-order valence-electron chi connectivity index (χ2n) is 4.22. The zero-order valence-electron chi connectivity index (χ0n) is 9.74. The standard InChI is InChI=1S/C12H13F2NO3/c1-18-11-7(2-3-8(13)10(11)14)9-4-6(5-15-9)12(16)17/h2-3,6,9,15H,4-5H2,1H3,(H,16,17). The average molecular weight is 257 g/mol. The molecule has 1 fully saturated rings. The minimum atomic E-state index is -1.05. The van der Waals surface area contributed by atoms with Crippen molar-refractivity contribution in [3.8, 4) is 5.75 Å². The third kappa shape index (κ3) is 2.15. The van der Waals surface area contributed by atoms with Crippen LogP contribution in [0, 0.1) is 17.6 Å². The Bertz CT molecular complexity index is 479. The van der Waals surface area contributed by atoms with Crippen LogP contribution < -0.4 is 10.1 Å². The van der Waals surface area contributed by atoms with E-state index < -0.39 is 23.5 Å². The number of carboxylic acid groups (broad SMARTS) is 1. The van der Waals surface area contributed by atoms with Gasteiger partial charge in [0, 0.05) is 18.2 Å². The van der Waals surface area contributed by atoms with Gasteiger partial charge in [-0.1, -0.05) is 6.07 Å². The fourth-order valence-electron chi connectivity index (χ4n) is 2.19. The molecule has 0 radical (unpaired) electrons. The Balaban J connectivity index is 2.30. The maximum absolute atomic E-state index is 13.5. The van der Waals surface area contributed by atoms with Gasteiger partial charge in [0.2, 0.25) is 5.82 Å². The summed E-state index contributed by atoms with van der Waals surface area (Å²) in [7, 11) is 1.25. The average Bonchev–Trinajstić information content (AvgIpc) is 2.82. The number of methoxy groups -OCH3 is 1. The number of rotatable bonds is 3. The first kappa shape index (κ1) is 12.8. The lowest BCUT2D eigenvalue weighted by Gasteiger charge is -2.15. The summed E-state index contributed by atoms with van der Waals surface area (Å²) in [5.41, 5.74) is 0.445. The molecule has 4 nitrogen and oxygen atoms in total. The third-order valence-electron chi connectivity index (χ3n) is 3.14. The Hall–Kier alpha value is -1.69. The molecule has 1 aliphatic heterocycles. The molecule has 1 saturated heterocycles. The quantitative estimate of drug-likeness (QED) is 0.865. The summed E-state index contributed by atoms with van der Waals surface area (Å²) in [6.07, 6.45) is 0.330. The van der Waals surface area contributed by atoms with Crippen LogP contribution >= 0.6 is 0 Å². The molecule has 0 spiro atoms. The lowest BCUT2D eigenvalue weighted by atomic mass is 9.99. The number of carbonyl (C=O) groups is 1. The molecule has 18 heavy (non-hydrogen) atoms. The van der Waals surface area contributed by atoms with Crippen molar-refractivity contribution in [2.45, 2.75) is 12.5 Å². The molecule has 2 atom stereocenters. The number of benzene rings is 1. The van der Waals surface area contributed by atoms with Gasteiger partial charge in [-0.15, -0.1) is 0 Å². The molecule has 2 N–H and O–H groups in total. The Labute approximate surface area is 103 Å². The highest BCUT2D eigenvalue weighted by molar-refractivity contribution is 5.71. The molecular formula is C12H13F2NO3. The van der Waals surface area contributed by atoms with E-state index in [1.165, 1.54) is 13.2 Å². The van der Waals surface area contributed by atoms with Crippen molar-refractivity contribution in [1.82, 2.24) is 5.32 Å². The second-order valence-corrected chi connectivity index (χ2v) is 4.22. The van der Waals surface area contributed by atoms with Gasteiger partial charge in [0.1, 0.15) is 0 Å². The van der Waals surface area contributed by atoms with E-state index in [4.69, 9.17) is 9.84 Å². The molecule has 1 heterocycles. The molecular weight excluding hydrogens is 244 g/mol. The Morgan fingerprint density at radius 1 is 1.50 bits per heavy atom. The smallest absolute Gasteiger partial charge is 0.307 e. The number of aliphatic carboxylic acids is 1. The maximum Gasteiger partial charge on any atom is 0.307 e. The van der Waals surface area contributed by atoms with Crippen molar-refractivity contribution in [2.75, 3.05) is 13.7 Å². The minimum Gasteiger partial charge on any atom is -0.493 e. The van der Waals surface area contributed by atoms with Crippen LogP contribution in [0.5, 0.6) is 5.75 Å². The van der Waals surface area contributed by atoms with Gasteiger partial charge in [0.25, 0.3) is 0 Å². The molecule has 1 aromatic carbocycles. The fraction of sp³-hybridized carbons (Fsp3) is 0.417. The fourth-order valence-corrected chi connectivity index (χ4v) is 2.19. The summed E-state index contributed by atoms with van der Waals surface area (Å²) in [5.74, 6) is -3.61. The molecule has 1 aromatic rings. The first-order valence-electron chi connectivity index (χ1n) is 5.52. The predicted octanol–water partition coefficient (Wildman–Crippen LogP) is 1.71. The van der Waals surface area contributed by atoms with Gasteiger partial charge in [0.15, 0.2) is 11.6 Å². The van der Waals surface area contributed by atoms with Crippen LogP contribution in [0.2, 0.25) is 0 Å². The van der Waals surface area contributed by atoms with Crippen molar-refractivity contribution in [1.29, 1.82) is 0 Å². The van der Waals surface area contributed by atoms with Crippen molar-refractivity contribution >= 4 is 5.97 Å². The van der Waals surface area contributed by atoms with Gasteiger partial charge < -0.3 is 15.2 Å². The summed E-state index contributed by atoms with van der Waals surface area (Å²) in [6, 6.07) is 2.10. The maximum atomic E-state index is 13.5. The first-order chi connectivity index (χ1) is 8.54. The van der Waals surface area contributed by atoms with E-state index in [-0.39, 0.29) is 11.8 Å². The van der Waals surface area contributed by atoms with E-state index in [0.29, 0.717) is 18.5 Å². The SMILES string of the molecule is COc1c(C2CC(C(=O)O)CN2)ccc(F)c1F. The molecule has 0 aromatic heterocycles. The highest BCUT2D eigenvalue weighted by Gasteiger charge is 2.32. The number of ether oxygens (including phenoxy) is 1. The normalized spacial score (nSPS) is 23.1. The molecule has 2 unspecified atom stereocenters. The van der Waals surface area contributed by atoms with Gasteiger partial charge in [-0.2, -0.15) is 4.39 Å². The molecule has 98 valence electrons. The van der Waals surface area contributed by atoms with E-state index in [9.17, 15) is 13.6 Å². The van der Waals surface area contributed by atoms with Gasteiger partial charge in [-0.05, 0) is 12.5 Å². The monoisotopic (exact) mass is 257 g/mol.